The first kappa shape index (κ1) is 18.3. The fraction of sp³-hybridized carbons (Fsp3) is 0.143. The maximum absolute atomic E-state index is 11.9. The van der Waals surface area contributed by atoms with Crippen molar-refractivity contribution in [3.05, 3.63) is 78.3 Å². The maximum Gasteiger partial charge on any atom is 0.341 e. The highest BCUT2D eigenvalue weighted by atomic mass is 16.5. The van der Waals surface area contributed by atoms with Crippen molar-refractivity contribution in [3.8, 4) is 17.0 Å². The molecule has 27 heavy (non-hydrogen) atoms. The van der Waals surface area contributed by atoms with Crippen LogP contribution >= 0.6 is 0 Å². The molecule has 138 valence electrons. The zero-order chi connectivity index (χ0) is 19.2. The summed E-state index contributed by atoms with van der Waals surface area (Å²) in [6.07, 6.45) is 1.78. The number of hydrogen-bond acceptors (Lipinski definition) is 5. The van der Waals surface area contributed by atoms with Gasteiger partial charge >= 0.3 is 5.97 Å². The van der Waals surface area contributed by atoms with Gasteiger partial charge in [-0.05, 0) is 23.3 Å². The first-order valence-electron chi connectivity index (χ1n) is 8.41. The SMILES string of the molecule is C=C(NCc1ccc(OC)c(C(=O)OC)c1)c1ncc(-c2ccccc2)[nH]1. The highest BCUT2D eigenvalue weighted by molar-refractivity contribution is 5.92. The van der Waals surface area contributed by atoms with Gasteiger partial charge in [0.25, 0.3) is 0 Å². The third kappa shape index (κ3) is 4.17. The number of aromatic nitrogens is 2. The van der Waals surface area contributed by atoms with Crippen molar-refractivity contribution in [2.24, 2.45) is 0 Å². The van der Waals surface area contributed by atoms with Crippen LogP contribution in [0.4, 0.5) is 0 Å². The van der Waals surface area contributed by atoms with Crippen LogP contribution in [-0.2, 0) is 11.3 Å². The second-order valence-corrected chi connectivity index (χ2v) is 5.87. The molecule has 2 aromatic carbocycles. The number of nitrogens with one attached hydrogen (secondary N) is 2. The number of carbonyl (C=O) groups is 1. The Morgan fingerprint density at radius 2 is 1.96 bits per heavy atom. The number of rotatable bonds is 7. The van der Waals surface area contributed by atoms with Gasteiger partial charge in [-0.25, -0.2) is 9.78 Å². The van der Waals surface area contributed by atoms with E-state index in [1.807, 2.05) is 36.4 Å². The number of carbonyl (C=O) groups excluding carboxylic acids is 1. The maximum atomic E-state index is 11.9. The molecule has 0 saturated carbocycles. The van der Waals surface area contributed by atoms with E-state index in [9.17, 15) is 4.79 Å². The molecule has 0 aliphatic carbocycles. The second kappa shape index (κ2) is 8.23. The van der Waals surface area contributed by atoms with Gasteiger partial charge in [0.15, 0.2) is 5.82 Å². The monoisotopic (exact) mass is 363 g/mol. The van der Waals surface area contributed by atoms with Gasteiger partial charge in [-0.3, -0.25) is 0 Å². The number of nitrogens with zero attached hydrogens (tertiary/aromatic N) is 1. The number of hydrogen-bond donors (Lipinski definition) is 2. The summed E-state index contributed by atoms with van der Waals surface area (Å²) in [5, 5.41) is 3.22. The molecule has 0 unspecified atom stereocenters. The molecule has 6 heteroatoms. The number of ether oxygens (including phenoxy) is 2. The smallest absolute Gasteiger partial charge is 0.341 e. The lowest BCUT2D eigenvalue weighted by molar-refractivity contribution is 0.0597. The highest BCUT2D eigenvalue weighted by Crippen LogP contribution is 2.22. The Bertz CT molecular complexity index is 948. The predicted molar refractivity (Wildman–Crippen MR) is 104 cm³/mol. The lowest BCUT2D eigenvalue weighted by atomic mass is 10.1. The average Bonchev–Trinajstić information content (AvgIpc) is 3.22. The van der Waals surface area contributed by atoms with Gasteiger partial charge in [0.2, 0.25) is 0 Å². The first-order chi connectivity index (χ1) is 13.1. The molecule has 1 heterocycles. The number of esters is 1. The van der Waals surface area contributed by atoms with E-state index in [4.69, 9.17) is 9.47 Å². The van der Waals surface area contributed by atoms with E-state index in [1.165, 1.54) is 14.2 Å². The molecule has 6 nitrogen and oxygen atoms in total. The second-order valence-electron chi connectivity index (χ2n) is 5.87. The summed E-state index contributed by atoms with van der Waals surface area (Å²) in [6, 6.07) is 15.3. The molecule has 3 rings (SSSR count). The van der Waals surface area contributed by atoms with E-state index in [2.05, 4.69) is 21.9 Å². The number of imidazole rings is 1. The molecule has 0 aliphatic heterocycles. The molecule has 1 aromatic heterocycles. The van der Waals surface area contributed by atoms with Gasteiger partial charge in [0.1, 0.15) is 11.3 Å². The summed E-state index contributed by atoms with van der Waals surface area (Å²) in [4.78, 5) is 19.5. The molecule has 2 N–H and O–H groups in total. The molecule has 0 aliphatic rings. The van der Waals surface area contributed by atoms with Crippen LogP contribution in [0.3, 0.4) is 0 Å². The molecular weight excluding hydrogens is 342 g/mol. The number of benzene rings is 2. The summed E-state index contributed by atoms with van der Waals surface area (Å²) < 4.78 is 10.0. The molecule has 0 atom stereocenters. The Hall–Kier alpha value is -3.54. The fourth-order valence-electron chi connectivity index (χ4n) is 2.67. The Balaban J connectivity index is 1.69. The quantitative estimate of drug-likeness (QED) is 0.627. The van der Waals surface area contributed by atoms with Crippen molar-refractivity contribution in [1.82, 2.24) is 15.3 Å². The van der Waals surface area contributed by atoms with Crippen LogP contribution in [0, 0.1) is 0 Å². The van der Waals surface area contributed by atoms with E-state index in [1.54, 1.807) is 18.3 Å². The number of methoxy groups -OCH3 is 2. The minimum Gasteiger partial charge on any atom is -0.496 e. The standard InChI is InChI=1S/C21H21N3O3/c1-14(20-23-13-18(24-20)16-7-5-4-6-8-16)22-12-15-9-10-19(26-2)17(11-15)21(25)27-3/h4-11,13,22H,1,12H2,2-3H3,(H,23,24). The van der Waals surface area contributed by atoms with Crippen molar-refractivity contribution in [1.29, 1.82) is 0 Å². The zero-order valence-corrected chi connectivity index (χ0v) is 15.3. The third-order valence-electron chi connectivity index (χ3n) is 4.12. The topological polar surface area (TPSA) is 76.2 Å². The molecule has 3 aromatic rings. The van der Waals surface area contributed by atoms with Crippen LogP contribution in [0.2, 0.25) is 0 Å². The van der Waals surface area contributed by atoms with Gasteiger partial charge < -0.3 is 19.8 Å². The molecule has 0 bridgehead atoms. The predicted octanol–water partition coefficient (Wildman–Crippen LogP) is 3.63. The summed E-state index contributed by atoms with van der Waals surface area (Å²) >= 11 is 0. The van der Waals surface area contributed by atoms with Crippen molar-refractivity contribution in [2.75, 3.05) is 14.2 Å². The van der Waals surface area contributed by atoms with E-state index >= 15 is 0 Å². The largest absolute Gasteiger partial charge is 0.496 e. The molecule has 0 fully saturated rings. The molecule has 0 radical (unpaired) electrons. The van der Waals surface area contributed by atoms with E-state index in [-0.39, 0.29) is 0 Å². The van der Waals surface area contributed by atoms with Gasteiger partial charge in [-0.2, -0.15) is 0 Å². The van der Waals surface area contributed by atoms with Crippen molar-refractivity contribution < 1.29 is 14.3 Å². The van der Waals surface area contributed by atoms with Crippen LogP contribution in [0.5, 0.6) is 5.75 Å². The Kier molecular flexibility index (Phi) is 5.56. The van der Waals surface area contributed by atoms with Crippen LogP contribution in [0.25, 0.3) is 17.0 Å². The molecular formula is C21H21N3O3. The summed E-state index contributed by atoms with van der Waals surface area (Å²) in [6.45, 7) is 4.51. The van der Waals surface area contributed by atoms with Crippen LogP contribution in [0.1, 0.15) is 21.7 Å². The van der Waals surface area contributed by atoms with E-state index in [0.29, 0.717) is 29.4 Å². The third-order valence-corrected chi connectivity index (χ3v) is 4.12. The normalized spacial score (nSPS) is 10.3. The molecule has 0 amide bonds. The Morgan fingerprint density at radius 1 is 1.19 bits per heavy atom. The lowest BCUT2D eigenvalue weighted by Crippen LogP contribution is -2.13. The Labute approximate surface area is 157 Å². The van der Waals surface area contributed by atoms with Gasteiger partial charge in [-0.15, -0.1) is 0 Å². The number of aromatic amines is 1. The summed E-state index contributed by atoms with van der Waals surface area (Å²) in [5.74, 6) is 0.699. The average molecular weight is 363 g/mol. The van der Waals surface area contributed by atoms with Gasteiger partial charge in [-0.1, -0.05) is 43.0 Å². The summed E-state index contributed by atoms with van der Waals surface area (Å²) in [7, 11) is 2.86. The fourth-order valence-corrected chi connectivity index (χ4v) is 2.67. The van der Waals surface area contributed by atoms with Crippen molar-refractivity contribution in [3.63, 3.8) is 0 Å². The van der Waals surface area contributed by atoms with Crippen LogP contribution in [-0.4, -0.2) is 30.2 Å². The highest BCUT2D eigenvalue weighted by Gasteiger charge is 2.14. The van der Waals surface area contributed by atoms with Crippen molar-refractivity contribution >= 4 is 11.7 Å². The minimum absolute atomic E-state index is 0.384. The van der Waals surface area contributed by atoms with Crippen molar-refractivity contribution in [2.45, 2.75) is 6.54 Å². The lowest BCUT2D eigenvalue weighted by Gasteiger charge is -2.11. The summed E-state index contributed by atoms with van der Waals surface area (Å²) in [5.41, 5.74) is 3.92. The van der Waals surface area contributed by atoms with Crippen LogP contribution < -0.4 is 10.1 Å². The van der Waals surface area contributed by atoms with E-state index < -0.39 is 5.97 Å². The first-order valence-corrected chi connectivity index (χ1v) is 8.41. The van der Waals surface area contributed by atoms with Gasteiger partial charge in [0, 0.05) is 6.54 Å². The number of H-pyrrole nitrogens is 1. The molecule has 0 spiro atoms. The molecule has 0 saturated heterocycles. The van der Waals surface area contributed by atoms with Crippen LogP contribution in [0.15, 0.2) is 61.3 Å². The zero-order valence-electron chi connectivity index (χ0n) is 15.3. The van der Waals surface area contributed by atoms with E-state index in [0.717, 1.165) is 16.8 Å². The van der Waals surface area contributed by atoms with Gasteiger partial charge in [0.05, 0.1) is 31.8 Å². The Morgan fingerprint density at radius 3 is 2.67 bits per heavy atom. The minimum atomic E-state index is -0.439.